The minimum atomic E-state index is 0.353. The van der Waals surface area contributed by atoms with Gasteiger partial charge in [0.2, 0.25) is 11.6 Å². The van der Waals surface area contributed by atoms with Crippen molar-refractivity contribution in [3.05, 3.63) is 65.4 Å². The number of thiophene rings is 2. The minimum Gasteiger partial charge on any atom is -0.484 e. The van der Waals surface area contributed by atoms with Gasteiger partial charge in [0.25, 0.3) is 0 Å². The van der Waals surface area contributed by atoms with Crippen LogP contribution in [0.1, 0.15) is 13.8 Å². The fraction of sp³-hybridized carbons (Fsp3) is 0.154. The molecular weight excluding hydrogens is 527 g/mol. The third-order valence-electron chi connectivity index (χ3n) is 5.54. The molecule has 37 heavy (non-hydrogen) atoms. The number of benzene rings is 2. The first-order valence-corrected chi connectivity index (χ1v) is 13.7. The number of amides is 1. The lowest BCUT2D eigenvalue weighted by molar-refractivity contribution is -0.106. The van der Waals surface area contributed by atoms with Crippen LogP contribution in [0.3, 0.4) is 0 Å². The molecule has 0 radical (unpaired) electrons. The SMILES string of the molecule is CCOc1cc(-c2ccc(N(C=O)c3cccc(-n4nnnc4S)c3)cc2-c2csc(OCC)c2)cs1. The quantitative estimate of drug-likeness (QED) is 0.158. The van der Waals surface area contributed by atoms with Crippen molar-refractivity contribution in [2.75, 3.05) is 18.1 Å². The van der Waals surface area contributed by atoms with Crippen molar-refractivity contribution in [1.82, 2.24) is 20.2 Å². The lowest BCUT2D eigenvalue weighted by atomic mass is 9.97. The van der Waals surface area contributed by atoms with Crippen LogP contribution in [-0.4, -0.2) is 39.8 Å². The number of nitrogens with zero attached hydrogens (tertiary/aromatic N) is 5. The Morgan fingerprint density at radius 2 is 1.59 bits per heavy atom. The second-order valence-electron chi connectivity index (χ2n) is 7.79. The summed E-state index contributed by atoms with van der Waals surface area (Å²) >= 11 is 7.41. The van der Waals surface area contributed by atoms with E-state index < -0.39 is 0 Å². The van der Waals surface area contributed by atoms with E-state index in [2.05, 4.69) is 38.9 Å². The Morgan fingerprint density at radius 1 is 0.919 bits per heavy atom. The van der Waals surface area contributed by atoms with Crippen molar-refractivity contribution in [3.8, 4) is 38.1 Å². The molecule has 0 N–H and O–H groups in total. The van der Waals surface area contributed by atoms with E-state index in [0.29, 0.717) is 29.7 Å². The molecule has 5 rings (SSSR count). The summed E-state index contributed by atoms with van der Waals surface area (Å²) in [6.07, 6.45) is 0.802. The molecule has 0 spiro atoms. The monoisotopic (exact) mass is 549 g/mol. The number of aromatic nitrogens is 4. The van der Waals surface area contributed by atoms with Crippen LogP contribution in [0, 0.1) is 0 Å². The molecule has 0 aliphatic carbocycles. The Kier molecular flexibility index (Phi) is 7.54. The minimum absolute atomic E-state index is 0.353. The molecular formula is C26H23N5O3S3. The summed E-state index contributed by atoms with van der Waals surface area (Å²) in [5, 5.41) is 17.7. The van der Waals surface area contributed by atoms with E-state index >= 15 is 0 Å². The number of hydrogen-bond donors (Lipinski definition) is 1. The van der Waals surface area contributed by atoms with Crippen LogP contribution >= 0.6 is 35.3 Å². The molecule has 0 saturated carbocycles. The van der Waals surface area contributed by atoms with Gasteiger partial charge in [-0.3, -0.25) is 9.69 Å². The van der Waals surface area contributed by atoms with Gasteiger partial charge < -0.3 is 9.47 Å². The van der Waals surface area contributed by atoms with Crippen LogP contribution in [0.25, 0.3) is 27.9 Å². The summed E-state index contributed by atoms with van der Waals surface area (Å²) in [5.41, 5.74) is 6.18. The molecule has 1 amide bonds. The summed E-state index contributed by atoms with van der Waals surface area (Å²) in [6, 6.07) is 17.5. The lowest BCUT2D eigenvalue weighted by Crippen LogP contribution is -2.14. The second kappa shape index (κ2) is 11.2. The Bertz CT molecular complexity index is 1530. The van der Waals surface area contributed by atoms with Crippen molar-refractivity contribution >= 4 is 53.1 Å². The van der Waals surface area contributed by atoms with Crippen molar-refractivity contribution in [2.45, 2.75) is 19.0 Å². The number of tetrazole rings is 1. The van der Waals surface area contributed by atoms with Crippen molar-refractivity contribution in [2.24, 2.45) is 0 Å². The molecule has 0 bridgehead atoms. The van der Waals surface area contributed by atoms with Crippen molar-refractivity contribution in [3.63, 3.8) is 0 Å². The van der Waals surface area contributed by atoms with Gasteiger partial charge in [-0.2, -0.15) is 4.68 Å². The Morgan fingerprint density at radius 3 is 2.22 bits per heavy atom. The van der Waals surface area contributed by atoms with E-state index in [0.717, 1.165) is 44.5 Å². The Labute approximate surface area is 227 Å². The first-order chi connectivity index (χ1) is 18.1. The number of ether oxygens (including phenoxy) is 2. The molecule has 3 aromatic heterocycles. The molecule has 2 aromatic carbocycles. The van der Waals surface area contributed by atoms with Crippen LogP contribution in [0.2, 0.25) is 0 Å². The van der Waals surface area contributed by atoms with Gasteiger partial charge in [0, 0.05) is 16.4 Å². The zero-order valence-corrected chi connectivity index (χ0v) is 22.6. The van der Waals surface area contributed by atoms with E-state index in [-0.39, 0.29) is 0 Å². The summed E-state index contributed by atoms with van der Waals surface area (Å²) < 4.78 is 12.9. The van der Waals surface area contributed by atoms with E-state index in [9.17, 15) is 4.79 Å². The van der Waals surface area contributed by atoms with Gasteiger partial charge in [0.15, 0.2) is 10.1 Å². The van der Waals surface area contributed by atoms with Crippen molar-refractivity contribution < 1.29 is 14.3 Å². The number of hydrogen-bond acceptors (Lipinski definition) is 9. The maximum absolute atomic E-state index is 12.4. The second-order valence-corrected chi connectivity index (χ2v) is 9.94. The Balaban J connectivity index is 1.59. The first kappa shape index (κ1) is 25.0. The van der Waals surface area contributed by atoms with Crippen LogP contribution in [0.5, 0.6) is 10.1 Å². The predicted molar refractivity (Wildman–Crippen MR) is 150 cm³/mol. The average molecular weight is 550 g/mol. The summed E-state index contributed by atoms with van der Waals surface area (Å²) in [7, 11) is 0. The van der Waals surface area contributed by atoms with E-state index in [4.69, 9.17) is 9.47 Å². The maximum atomic E-state index is 12.4. The van der Waals surface area contributed by atoms with Gasteiger partial charge in [-0.25, -0.2) is 0 Å². The van der Waals surface area contributed by atoms with Crippen molar-refractivity contribution in [1.29, 1.82) is 0 Å². The van der Waals surface area contributed by atoms with E-state index in [1.165, 1.54) is 4.68 Å². The van der Waals surface area contributed by atoms with E-state index in [1.807, 2.05) is 68.4 Å². The number of thiol groups is 1. The van der Waals surface area contributed by atoms with Crippen LogP contribution in [-0.2, 0) is 4.79 Å². The molecule has 5 aromatic rings. The fourth-order valence-corrected chi connectivity index (χ4v) is 5.75. The third-order valence-corrected chi connectivity index (χ3v) is 7.50. The summed E-state index contributed by atoms with van der Waals surface area (Å²) in [5.74, 6) is 0. The van der Waals surface area contributed by atoms with Gasteiger partial charge in [-0.05, 0) is 89.0 Å². The third kappa shape index (κ3) is 5.24. The zero-order chi connectivity index (χ0) is 25.8. The molecule has 188 valence electrons. The first-order valence-electron chi connectivity index (χ1n) is 11.5. The average Bonchev–Trinajstić information content (AvgIpc) is 3.67. The zero-order valence-electron chi connectivity index (χ0n) is 20.1. The standard InChI is InChI=1S/C26H23N5O3S3/c1-3-33-24-10-17(14-36-24)22-9-8-20(13-23(22)18-11-25(34-4-2)37-15-18)30(16-32)19-6-5-7-21(12-19)31-26(35)27-28-29-31/h5-16H,3-4H2,1-2H3,(H,27,29,35). The molecule has 0 saturated heterocycles. The van der Waals surface area contributed by atoms with Crippen LogP contribution < -0.4 is 14.4 Å². The largest absolute Gasteiger partial charge is 0.484 e. The highest BCUT2D eigenvalue weighted by molar-refractivity contribution is 7.80. The molecule has 0 fully saturated rings. The molecule has 0 aliphatic rings. The van der Waals surface area contributed by atoms with Gasteiger partial charge in [-0.1, -0.05) is 12.1 Å². The molecule has 3 heterocycles. The molecule has 0 unspecified atom stereocenters. The van der Waals surface area contributed by atoms with E-state index in [1.54, 1.807) is 27.6 Å². The summed E-state index contributed by atoms with van der Waals surface area (Å²) in [4.78, 5) is 14.0. The smallest absolute Gasteiger partial charge is 0.218 e. The highest BCUT2D eigenvalue weighted by Gasteiger charge is 2.17. The normalized spacial score (nSPS) is 10.9. The molecule has 0 atom stereocenters. The topological polar surface area (TPSA) is 82.4 Å². The highest BCUT2D eigenvalue weighted by Crippen LogP contribution is 2.42. The van der Waals surface area contributed by atoms with Gasteiger partial charge in [0.05, 0.1) is 24.6 Å². The van der Waals surface area contributed by atoms with Crippen LogP contribution in [0.15, 0.2) is 70.5 Å². The number of carbonyl (C=O) groups is 1. The molecule has 11 heteroatoms. The number of carbonyl (C=O) groups excluding carboxylic acids is 1. The Hall–Kier alpha value is -3.67. The lowest BCUT2D eigenvalue weighted by Gasteiger charge is -2.20. The van der Waals surface area contributed by atoms with Gasteiger partial charge in [0.1, 0.15) is 0 Å². The predicted octanol–water partition coefficient (Wildman–Crippen LogP) is 6.50. The molecule has 0 aliphatic heterocycles. The fourth-order valence-electron chi connectivity index (χ4n) is 3.92. The maximum Gasteiger partial charge on any atom is 0.218 e. The number of rotatable bonds is 10. The summed E-state index contributed by atoms with van der Waals surface area (Å²) in [6.45, 7) is 5.15. The van der Waals surface area contributed by atoms with Gasteiger partial charge in [-0.15, -0.1) is 40.4 Å². The number of anilines is 2. The molecule has 8 nitrogen and oxygen atoms in total. The van der Waals surface area contributed by atoms with Gasteiger partial charge >= 0.3 is 0 Å². The van der Waals surface area contributed by atoms with Crippen LogP contribution in [0.4, 0.5) is 11.4 Å². The highest BCUT2D eigenvalue weighted by atomic mass is 32.1.